The van der Waals surface area contributed by atoms with Crippen LogP contribution in [0.2, 0.25) is 0 Å². The maximum absolute atomic E-state index is 6.39. The lowest BCUT2D eigenvalue weighted by Gasteiger charge is -2.23. The van der Waals surface area contributed by atoms with Gasteiger partial charge in [0.2, 0.25) is 0 Å². The average molecular weight is 232 g/mol. The summed E-state index contributed by atoms with van der Waals surface area (Å²) in [6.07, 6.45) is 9.12. The third kappa shape index (κ3) is 5.21. The Morgan fingerprint density at radius 3 is 2.73 bits per heavy atom. The molecule has 1 N–H and O–H groups in total. The van der Waals surface area contributed by atoms with E-state index in [4.69, 9.17) is 11.6 Å². The van der Waals surface area contributed by atoms with Crippen molar-refractivity contribution in [3.63, 3.8) is 0 Å². The molecule has 0 heterocycles. The normalized spacial score (nSPS) is 29.8. The molecule has 1 fully saturated rings. The molecule has 0 amide bonds. The van der Waals surface area contributed by atoms with Gasteiger partial charge in [0.05, 0.1) is 0 Å². The number of halogens is 1. The molecule has 0 aromatic carbocycles. The fraction of sp³-hybridized carbons (Fsp3) is 1.00. The predicted molar refractivity (Wildman–Crippen MR) is 68.6 cm³/mol. The molecule has 0 bridgehead atoms. The summed E-state index contributed by atoms with van der Waals surface area (Å²) < 4.78 is 0. The number of hydrogen-bond donors (Lipinski definition) is 1. The first kappa shape index (κ1) is 13.3. The minimum Gasteiger partial charge on any atom is -0.312 e. The summed E-state index contributed by atoms with van der Waals surface area (Å²) in [5.74, 6) is 0.794. The maximum Gasteiger partial charge on any atom is 0.0489 e. The van der Waals surface area contributed by atoms with Gasteiger partial charge in [0.15, 0.2) is 0 Å². The number of nitrogens with one attached hydrogen (secondary N) is 1. The van der Waals surface area contributed by atoms with Crippen molar-refractivity contribution in [1.82, 2.24) is 5.32 Å². The maximum atomic E-state index is 6.39. The zero-order chi connectivity index (χ0) is 11.1. The fourth-order valence-electron chi connectivity index (χ4n) is 2.44. The molecule has 0 saturated heterocycles. The van der Waals surface area contributed by atoms with Gasteiger partial charge >= 0.3 is 0 Å². The van der Waals surface area contributed by atoms with E-state index in [0.29, 0.717) is 11.4 Å². The lowest BCUT2D eigenvalue weighted by atomic mass is 10.0. The number of hydrogen-bond acceptors (Lipinski definition) is 1. The van der Waals surface area contributed by atoms with Crippen LogP contribution in [0.4, 0.5) is 0 Å². The second-order valence-electron chi connectivity index (χ2n) is 5.06. The van der Waals surface area contributed by atoms with Gasteiger partial charge in [-0.05, 0) is 31.7 Å². The van der Waals surface area contributed by atoms with E-state index in [0.717, 1.165) is 12.5 Å². The standard InChI is InChI=1S/C13H26ClN/c1-3-7-11(2)10-15-13-9-6-4-5-8-12(13)14/h11-13,15H,3-10H2,1-2H3. The molecular weight excluding hydrogens is 206 g/mol. The van der Waals surface area contributed by atoms with Gasteiger partial charge < -0.3 is 5.32 Å². The van der Waals surface area contributed by atoms with Crippen LogP contribution in [0.15, 0.2) is 0 Å². The number of alkyl halides is 1. The monoisotopic (exact) mass is 231 g/mol. The molecule has 1 aliphatic rings. The molecule has 0 aliphatic heterocycles. The van der Waals surface area contributed by atoms with E-state index in [9.17, 15) is 0 Å². The molecule has 0 spiro atoms. The van der Waals surface area contributed by atoms with Crippen molar-refractivity contribution < 1.29 is 0 Å². The van der Waals surface area contributed by atoms with Crippen molar-refractivity contribution in [2.75, 3.05) is 6.54 Å². The Labute approximate surface area is 100.0 Å². The zero-order valence-electron chi connectivity index (χ0n) is 10.3. The van der Waals surface area contributed by atoms with Crippen LogP contribution in [0.3, 0.4) is 0 Å². The molecule has 1 rings (SSSR count). The molecule has 3 atom stereocenters. The molecule has 1 saturated carbocycles. The smallest absolute Gasteiger partial charge is 0.0489 e. The third-order valence-electron chi connectivity index (χ3n) is 3.44. The van der Waals surface area contributed by atoms with E-state index >= 15 is 0 Å². The summed E-state index contributed by atoms with van der Waals surface area (Å²) in [4.78, 5) is 0. The second-order valence-corrected chi connectivity index (χ2v) is 5.62. The van der Waals surface area contributed by atoms with E-state index in [2.05, 4.69) is 19.2 Å². The molecule has 2 heteroatoms. The molecule has 1 aliphatic carbocycles. The highest BCUT2D eigenvalue weighted by atomic mass is 35.5. The lowest BCUT2D eigenvalue weighted by molar-refractivity contribution is 0.402. The first-order chi connectivity index (χ1) is 7.24. The lowest BCUT2D eigenvalue weighted by Crippen LogP contribution is -2.38. The Kier molecular flexibility index (Phi) is 6.67. The van der Waals surface area contributed by atoms with Crippen LogP contribution < -0.4 is 5.32 Å². The SMILES string of the molecule is CCCC(C)CNC1CCCCCC1Cl. The first-order valence-corrected chi connectivity index (χ1v) is 7.05. The molecule has 90 valence electrons. The predicted octanol–water partition coefficient (Wildman–Crippen LogP) is 3.95. The quantitative estimate of drug-likeness (QED) is 0.558. The molecule has 0 aromatic rings. The highest BCUT2D eigenvalue weighted by molar-refractivity contribution is 6.21. The van der Waals surface area contributed by atoms with Crippen molar-refractivity contribution in [2.45, 2.75) is 70.2 Å². The van der Waals surface area contributed by atoms with Gasteiger partial charge in [-0.15, -0.1) is 11.6 Å². The minimum absolute atomic E-state index is 0.362. The fourth-order valence-corrected chi connectivity index (χ4v) is 2.81. The second kappa shape index (κ2) is 7.51. The molecule has 0 aromatic heterocycles. The summed E-state index contributed by atoms with van der Waals surface area (Å²) in [6.45, 7) is 5.73. The van der Waals surface area contributed by atoms with Crippen LogP contribution >= 0.6 is 11.6 Å². The summed E-state index contributed by atoms with van der Waals surface area (Å²) in [6, 6.07) is 0.563. The molecular formula is C13H26ClN. The summed E-state index contributed by atoms with van der Waals surface area (Å²) in [5, 5.41) is 4.03. The van der Waals surface area contributed by atoms with Crippen LogP contribution in [-0.4, -0.2) is 18.0 Å². The first-order valence-electron chi connectivity index (χ1n) is 6.61. The van der Waals surface area contributed by atoms with Gasteiger partial charge in [-0.3, -0.25) is 0 Å². The van der Waals surface area contributed by atoms with E-state index in [1.165, 1.54) is 44.9 Å². The summed E-state index contributed by atoms with van der Waals surface area (Å²) >= 11 is 6.39. The minimum atomic E-state index is 0.362. The van der Waals surface area contributed by atoms with Gasteiger partial charge in [-0.1, -0.05) is 39.5 Å². The van der Waals surface area contributed by atoms with Crippen LogP contribution in [0.5, 0.6) is 0 Å². The van der Waals surface area contributed by atoms with Gasteiger partial charge in [-0.25, -0.2) is 0 Å². The van der Waals surface area contributed by atoms with Gasteiger partial charge in [-0.2, -0.15) is 0 Å². The highest BCUT2D eigenvalue weighted by Gasteiger charge is 2.21. The molecule has 1 nitrogen and oxygen atoms in total. The Morgan fingerprint density at radius 2 is 2.00 bits per heavy atom. The van der Waals surface area contributed by atoms with Crippen molar-refractivity contribution >= 4 is 11.6 Å². The Hall–Kier alpha value is 0.250. The molecule has 0 radical (unpaired) electrons. The van der Waals surface area contributed by atoms with Crippen LogP contribution in [0.1, 0.15) is 58.8 Å². The Bertz CT molecular complexity index is 161. The van der Waals surface area contributed by atoms with Gasteiger partial charge in [0, 0.05) is 11.4 Å². The van der Waals surface area contributed by atoms with Crippen molar-refractivity contribution in [1.29, 1.82) is 0 Å². The molecule has 15 heavy (non-hydrogen) atoms. The van der Waals surface area contributed by atoms with Crippen molar-refractivity contribution in [3.8, 4) is 0 Å². The van der Waals surface area contributed by atoms with E-state index in [-0.39, 0.29) is 0 Å². The molecule has 3 unspecified atom stereocenters. The Balaban J connectivity index is 2.22. The van der Waals surface area contributed by atoms with Gasteiger partial charge in [0.1, 0.15) is 0 Å². The van der Waals surface area contributed by atoms with Crippen LogP contribution in [0.25, 0.3) is 0 Å². The largest absolute Gasteiger partial charge is 0.312 e. The van der Waals surface area contributed by atoms with E-state index in [1.54, 1.807) is 0 Å². The Morgan fingerprint density at radius 1 is 1.27 bits per heavy atom. The third-order valence-corrected chi connectivity index (χ3v) is 3.96. The highest BCUT2D eigenvalue weighted by Crippen LogP contribution is 2.22. The average Bonchev–Trinajstić information content (AvgIpc) is 2.41. The van der Waals surface area contributed by atoms with Crippen molar-refractivity contribution in [3.05, 3.63) is 0 Å². The summed E-state index contributed by atoms with van der Waals surface area (Å²) in [5.41, 5.74) is 0. The van der Waals surface area contributed by atoms with Crippen LogP contribution in [-0.2, 0) is 0 Å². The zero-order valence-corrected chi connectivity index (χ0v) is 11.0. The van der Waals surface area contributed by atoms with E-state index < -0.39 is 0 Å². The number of rotatable bonds is 5. The van der Waals surface area contributed by atoms with Gasteiger partial charge in [0.25, 0.3) is 0 Å². The van der Waals surface area contributed by atoms with E-state index in [1.807, 2.05) is 0 Å². The van der Waals surface area contributed by atoms with Crippen LogP contribution in [0, 0.1) is 5.92 Å². The van der Waals surface area contributed by atoms with Crippen molar-refractivity contribution in [2.24, 2.45) is 5.92 Å². The summed E-state index contributed by atoms with van der Waals surface area (Å²) in [7, 11) is 0. The topological polar surface area (TPSA) is 12.0 Å².